The largest absolute Gasteiger partial charge is 0.494 e. The van der Waals surface area contributed by atoms with Gasteiger partial charge in [-0.3, -0.25) is 0 Å². The van der Waals surface area contributed by atoms with Gasteiger partial charge in [-0.25, -0.2) is 4.39 Å². The van der Waals surface area contributed by atoms with E-state index < -0.39 is 0 Å². The molecule has 4 heteroatoms. The average molecular weight is 338 g/mol. The lowest BCUT2D eigenvalue weighted by Crippen LogP contribution is -2.19. The third-order valence-electron chi connectivity index (χ3n) is 3.34. The summed E-state index contributed by atoms with van der Waals surface area (Å²) in [6.45, 7) is 2.02. The van der Waals surface area contributed by atoms with E-state index in [2.05, 4.69) is 21.2 Å². The lowest BCUT2D eigenvalue weighted by Gasteiger charge is -2.19. The van der Waals surface area contributed by atoms with Crippen molar-refractivity contribution in [3.63, 3.8) is 0 Å². The van der Waals surface area contributed by atoms with Crippen LogP contribution < -0.4 is 10.1 Å². The highest BCUT2D eigenvalue weighted by Crippen LogP contribution is 2.31. The number of hydrogen-bond donors (Lipinski definition) is 1. The second kappa shape index (κ2) is 6.37. The zero-order chi connectivity index (χ0) is 14.7. The van der Waals surface area contributed by atoms with Crippen LogP contribution in [0.1, 0.15) is 22.7 Å². The molecule has 2 nitrogen and oxygen atoms in total. The van der Waals surface area contributed by atoms with Crippen molar-refractivity contribution in [2.24, 2.45) is 0 Å². The molecule has 0 aliphatic carbocycles. The van der Waals surface area contributed by atoms with Crippen LogP contribution in [0.2, 0.25) is 0 Å². The molecule has 0 heterocycles. The van der Waals surface area contributed by atoms with Gasteiger partial charge in [0.2, 0.25) is 0 Å². The summed E-state index contributed by atoms with van der Waals surface area (Å²) in [5.74, 6) is -0.0695. The van der Waals surface area contributed by atoms with Crippen LogP contribution in [0.4, 0.5) is 4.39 Å². The Morgan fingerprint density at radius 1 is 1.25 bits per heavy atom. The van der Waals surface area contributed by atoms with E-state index in [-0.39, 0.29) is 17.6 Å². The molecule has 1 unspecified atom stereocenters. The number of methoxy groups -OCH3 is 1. The van der Waals surface area contributed by atoms with Crippen LogP contribution in [0.3, 0.4) is 0 Å². The molecule has 1 atom stereocenters. The number of halogens is 2. The van der Waals surface area contributed by atoms with E-state index >= 15 is 0 Å². The van der Waals surface area contributed by atoms with Gasteiger partial charge in [0, 0.05) is 10.0 Å². The average Bonchev–Trinajstić information content (AvgIpc) is 2.45. The molecule has 0 spiro atoms. The van der Waals surface area contributed by atoms with Gasteiger partial charge in [-0.1, -0.05) is 40.2 Å². The molecule has 0 fully saturated rings. The monoisotopic (exact) mass is 337 g/mol. The zero-order valence-corrected chi connectivity index (χ0v) is 13.3. The molecule has 0 aromatic heterocycles. The van der Waals surface area contributed by atoms with Crippen molar-refractivity contribution in [1.82, 2.24) is 5.32 Å². The molecule has 2 rings (SSSR count). The second-order valence-corrected chi connectivity index (χ2v) is 5.45. The van der Waals surface area contributed by atoms with Gasteiger partial charge < -0.3 is 10.1 Å². The summed E-state index contributed by atoms with van der Waals surface area (Å²) < 4.78 is 20.5. The van der Waals surface area contributed by atoms with Gasteiger partial charge >= 0.3 is 0 Å². The number of nitrogens with one attached hydrogen (secondary N) is 1. The zero-order valence-electron chi connectivity index (χ0n) is 11.7. The summed E-state index contributed by atoms with van der Waals surface area (Å²) >= 11 is 3.52. The molecule has 1 N–H and O–H groups in total. The van der Waals surface area contributed by atoms with Crippen molar-refractivity contribution in [3.05, 3.63) is 63.4 Å². The predicted molar refractivity (Wildman–Crippen MR) is 82.7 cm³/mol. The first-order valence-corrected chi connectivity index (χ1v) is 7.13. The Kier molecular flexibility index (Phi) is 4.78. The van der Waals surface area contributed by atoms with Crippen molar-refractivity contribution >= 4 is 15.9 Å². The molecule has 0 amide bonds. The fourth-order valence-corrected chi connectivity index (χ4v) is 2.60. The highest BCUT2D eigenvalue weighted by molar-refractivity contribution is 9.10. The lowest BCUT2D eigenvalue weighted by molar-refractivity contribution is 0.382. The van der Waals surface area contributed by atoms with E-state index in [4.69, 9.17) is 4.74 Å². The van der Waals surface area contributed by atoms with Crippen LogP contribution in [0.5, 0.6) is 5.75 Å². The van der Waals surface area contributed by atoms with E-state index in [0.717, 1.165) is 15.6 Å². The van der Waals surface area contributed by atoms with Crippen molar-refractivity contribution in [2.75, 3.05) is 14.2 Å². The number of aryl methyl sites for hydroxylation is 1. The molecule has 20 heavy (non-hydrogen) atoms. The molecule has 106 valence electrons. The van der Waals surface area contributed by atoms with Crippen molar-refractivity contribution in [3.8, 4) is 5.75 Å². The van der Waals surface area contributed by atoms with Gasteiger partial charge in [-0.2, -0.15) is 0 Å². The molecule has 0 saturated heterocycles. The first kappa shape index (κ1) is 15.0. The fourth-order valence-electron chi connectivity index (χ4n) is 2.20. The molecular formula is C16H17BrFNO. The molecular weight excluding hydrogens is 321 g/mol. The van der Waals surface area contributed by atoms with Crippen LogP contribution in [-0.2, 0) is 0 Å². The Hall–Kier alpha value is -1.39. The number of ether oxygens (including phenoxy) is 1. The van der Waals surface area contributed by atoms with E-state index in [0.29, 0.717) is 5.56 Å². The van der Waals surface area contributed by atoms with E-state index in [1.807, 2.05) is 32.2 Å². The van der Waals surface area contributed by atoms with Gasteiger partial charge in [-0.15, -0.1) is 0 Å². The Morgan fingerprint density at radius 2 is 2.00 bits per heavy atom. The normalized spacial score (nSPS) is 12.2. The second-order valence-electron chi connectivity index (χ2n) is 4.59. The van der Waals surface area contributed by atoms with Crippen molar-refractivity contribution < 1.29 is 9.13 Å². The minimum absolute atomic E-state index is 0.220. The van der Waals surface area contributed by atoms with E-state index in [1.165, 1.54) is 7.11 Å². The third kappa shape index (κ3) is 2.86. The SMILES string of the molecule is CNC(c1ccc(C)c(Br)c1)c1cccc(OC)c1F. The maximum Gasteiger partial charge on any atom is 0.170 e. The summed E-state index contributed by atoms with van der Waals surface area (Å²) in [5.41, 5.74) is 2.72. The molecule has 0 saturated carbocycles. The molecule has 0 radical (unpaired) electrons. The summed E-state index contributed by atoms with van der Waals surface area (Å²) in [4.78, 5) is 0. The van der Waals surface area contributed by atoms with Crippen LogP contribution in [0, 0.1) is 12.7 Å². The molecule has 2 aromatic rings. The summed E-state index contributed by atoms with van der Waals surface area (Å²) in [6.07, 6.45) is 0. The highest BCUT2D eigenvalue weighted by atomic mass is 79.9. The summed E-state index contributed by atoms with van der Waals surface area (Å²) in [5, 5.41) is 3.16. The van der Waals surface area contributed by atoms with Crippen molar-refractivity contribution in [2.45, 2.75) is 13.0 Å². The topological polar surface area (TPSA) is 21.3 Å². The first-order chi connectivity index (χ1) is 9.58. The Bertz CT molecular complexity index is 615. The Labute approximate surface area is 127 Å². The van der Waals surface area contributed by atoms with Crippen LogP contribution in [0.25, 0.3) is 0 Å². The maximum absolute atomic E-state index is 14.4. The van der Waals surface area contributed by atoms with Gasteiger partial charge in [0.05, 0.1) is 13.2 Å². The molecule has 0 bridgehead atoms. The first-order valence-electron chi connectivity index (χ1n) is 6.34. The van der Waals surface area contributed by atoms with E-state index in [1.54, 1.807) is 18.2 Å². The minimum atomic E-state index is -0.328. The van der Waals surface area contributed by atoms with Gasteiger partial charge in [0.15, 0.2) is 11.6 Å². The van der Waals surface area contributed by atoms with Crippen LogP contribution in [0.15, 0.2) is 40.9 Å². The lowest BCUT2D eigenvalue weighted by atomic mass is 9.97. The Morgan fingerprint density at radius 3 is 2.60 bits per heavy atom. The van der Waals surface area contributed by atoms with E-state index in [9.17, 15) is 4.39 Å². The minimum Gasteiger partial charge on any atom is -0.494 e. The summed E-state index contributed by atoms with van der Waals surface area (Å²) in [7, 11) is 3.29. The smallest absolute Gasteiger partial charge is 0.170 e. The van der Waals surface area contributed by atoms with Gasteiger partial charge in [0.1, 0.15) is 0 Å². The third-order valence-corrected chi connectivity index (χ3v) is 4.20. The standard InChI is InChI=1S/C16H17BrFNO/c1-10-7-8-11(9-13(10)17)16(19-2)12-5-4-6-14(20-3)15(12)18/h4-9,16,19H,1-3H3. The number of benzene rings is 2. The Balaban J connectivity index is 2.49. The molecule has 2 aromatic carbocycles. The maximum atomic E-state index is 14.4. The summed E-state index contributed by atoms with van der Waals surface area (Å²) in [6, 6.07) is 11.0. The fraction of sp³-hybridized carbons (Fsp3) is 0.250. The number of rotatable bonds is 4. The predicted octanol–water partition coefficient (Wildman–Crippen LogP) is 4.21. The van der Waals surface area contributed by atoms with Gasteiger partial charge in [0.25, 0.3) is 0 Å². The highest BCUT2D eigenvalue weighted by Gasteiger charge is 2.19. The molecule has 0 aliphatic rings. The van der Waals surface area contributed by atoms with Gasteiger partial charge in [-0.05, 0) is 37.2 Å². The quantitative estimate of drug-likeness (QED) is 0.902. The van der Waals surface area contributed by atoms with Crippen LogP contribution >= 0.6 is 15.9 Å². The van der Waals surface area contributed by atoms with Crippen LogP contribution in [-0.4, -0.2) is 14.2 Å². The van der Waals surface area contributed by atoms with Crippen molar-refractivity contribution in [1.29, 1.82) is 0 Å². The number of hydrogen-bond acceptors (Lipinski definition) is 2. The molecule has 0 aliphatic heterocycles.